The molecule has 0 spiro atoms. The van der Waals surface area contributed by atoms with Gasteiger partial charge in [-0.2, -0.15) is 0 Å². The fourth-order valence-corrected chi connectivity index (χ4v) is 2.42. The zero-order chi connectivity index (χ0) is 14.7. The molecule has 0 bridgehead atoms. The van der Waals surface area contributed by atoms with Crippen LogP contribution in [0.25, 0.3) is 0 Å². The highest BCUT2D eigenvalue weighted by molar-refractivity contribution is 4.97. The number of rotatable bonds is 11. The van der Waals surface area contributed by atoms with E-state index in [2.05, 4.69) is 33.8 Å². The predicted molar refractivity (Wildman–Crippen MR) is 86.4 cm³/mol. The molecular weight excluding hydrogens is 232 g/mol. The third kappa shape index (κ3) is 12.5. The van der Waals surface area contributed by atoms with Gasteiger partial charge in [0.05, 0.1) is 5.60 Å². The van der Waals surface area contributed by atoms with E-state index in [1.165, 1.54) is 31.3 Å². The molecule has 0 aliphatic carbocycles. The van der Waals surface area contributed by atoms with Gasteiger partial charge in [-0.1, -0.05) is 58.1 Å². The van der Waals surface area contributed by atoms with Gasteiger partial charge in [-0.25, -0.2) is 0 Å². The average molecular weight is 268 g/mol. The molecule has 19 heavy (non-hydrogen) atoms. The fraction of sp³-hybridized carbons (Fsp3) is 0.889. The van der Waals surface area contributed by atoms with Crippen molar-refractivity contribution in [3.05, 3.63) is 11.6 Å². The summed E-state index contributed by atoms with van der Waals surface area (Å²) in [6.45, 7) is 11.0. The van der Waals surface area contributed by atoms with E-state index < -0.39 is 5.60 Å². The van der Waals surface area contributed by atoms with Crippen LogP contribution in [0.3, 0.4) is 0 Å². The Morgan fingerprint density at radius 2 is 1.79 bits per heavy atom. The number of allylic oxidation sites excluding steroid dienone is 2. The van der Waals surface area contributed by atoms with Crippen LogP contribution in [0.2, 0.25) is 0 Å². The molecule has 0 heterocycles. The van der Waals surface area contributed by atoms with Crippen LogP contribution < -0.4 is 0 Å². The first-order chi connectivity index (χ1) is 8.87. The van der Waals surface area contributed by atoms with E-state index in [4.69, 9.17) is 0 Å². The van der Waals surface area contributed by atoms with Gasteiger partial charge in [0.15, 0.2) is 0 Å². The van der Waals surface area contributed by atoms with Crippen LogP contribution >= 0.6 is 0 Å². The molecule has 0 saturated carbocycles. The van der Waals surface area contributed by atoms with E-state index >= 15 is 0 Å². The van der Waals surface area contributed by atoms with Crippen LogP contribution in [-0.4, -0.2) is 10.7 Å². The van der Waals surface area contributed by atoms with Crippen molar-refractivity contribution in [3.8, 4) is 0 Å². The minimum Gasteiger partial charge on any atom is -0.390 e. The van der Waals surface area contributed by atoms with E-state index in [0.29, 0.717) is 0 Å². The third-order valence-corrected chi connectivity index (χ3v) is 3.83. The molecule has 0 saturated heterocycles. The lowest BCUT2D eigenvalue weighted by atomic mass is 9.90. The summed E-state index contributed by atoms with van der Waals surface area (Å²) in [4.78, 5) is 0. The first-order valence-corrected chi connectivity index (χ1v) is 8.25. The topological polar surface area (TPSA) is 20.2 Å². The summed E-state index contributed by atoms with van der Waals surface area (Å²) in [6, 6.07) is 0. The number of hydrogen-bond donors (Lipinski definition) is 1. The first-order valence-electron chi connectivity index (χ1n) is 8.25. The molecule has 1 nitrogen and oxygen atoms in total. The molecule has 0 amide bonds. The summed E-state index contributed by atoms with van der Waals surface area (Å²) in [7, 11) is 0. The van der Waals surface area contributed by atoms with Crippen molar-refractivity contribution in [1.82, 2.24) is 0 Å². The summed E-state index contributed by atoms with van der Waals surface area (Å²) in [5.74, 6) is 0.750. The van der Waals surface area contributed by atoms with Crippen molar-refractivity contribution < 1.29 is 5.11 Å². The van der Waals surface area contributed by atoms with E-state index in [1.807, 2.05) is 6.92 Å². The molecule has 1 atom stereocenters. The Kier molecular flexibility index (Phi) is 10.3. The highest BCUT2D eigenvalue weighted by Crippen LogP contribution is 2.23. The Morgan fingerprint density at radius 3 is 2.37 bits per heavy atom. The van der Waals surface area contributed by atoms with E-state index in [9.17, 15) is 5.11 Å². The summed E-state index contributed by atoms with van der Waals surface area (Å²) in [6.07, 6.45) is 12.7. The van der Waals surface area contributed by atoms with Crippen LogP contribution in [-0.2, 0) is 0 Å². The standard InChI is InChI=1S/C18H36O/c1-6-7-8-12-17(4)13-10-15-18(5,19)14-9-11-16(2)3/h12,16,19H,6-11,13-15H2,1-5H3/b17-12+. The Morgan fingerprint density at radius 1 is 1.16 bits per heavy atom. The number of aliphatic hydroxyl groups is 1. The van der Waals surface area contributed by atoms with Crippen LogP contribution in [0.15, 0.2) is 11.6 Å². The van der Waals surface area contributed by atoms with Crippen LogP contribution in [0.1, 0.15) is 92.4 Å². The first kappa shape index (κ1) is 18.7. The largest absolute Gasteiger partial charge is 0.390 e. The molecular formula is C18H36O. The molecule has 0 aromatic rings. The zero-order valence-corrected chi connectivity index (χ0v) is 14.0. The van der Waals surface area contributed by atoms with Gasteiger partial charge < -0.3 is 5.11 Å². The van der Waals surface area contributed by atoms with Crippen LogP contribution in [0.4, 0.5) is 0 Å². The third-order valence-electron chi connectivity index (χ3n) is 3.83. The maximum atomic E-state index is 10.3. The molecule has 0 rings (SSSR count). The fourth-order valence-electron chi connectivity index (χ4n) is 2.42. The average Bonchev–Trinajstić information content (AvgIpc) is 2.28. The van der Waals surface area contributed by atoms with Gasteiger partial charge in [-0.15, -0.1) is 0 Å². The second-order valence-corrected chi connectivity index (χ2v) is 6.83. The zero-order valence-electron chi connectivity index (χ0n) is 14.0. The van der Waals surface area contributed by atoms with E-state index in [1.54, 1.807) is 0 Å². The van der Waals surface area contributed by atoms with Crippen molar-refractivity contribution in [2.24, 2.45) is 5.92 Å². The van der Waals surface area contributed by atoms with Crippen molar-refractivity contribution in [3.63, 3.8) is 0 Å². The van der Waals surface area contributed by atoms with Crippen molar-refractivity contribution in [2.75, 3.05) is 0 Å². The van der Waals surface area contributed by atoms with Crippen molar-refractivity contribution in [1.29, 1.82) is 0 Å². The van der Waals surface area contributed by atoms with E-state index in [0.717, 1.165) is 38.0 Å². The molecule has 0 fully saturated rings. The van der Waals surface area contributed by atoms with Crippen molar-refractivity contribution >= 4 is 0 Å². The Bertz CT molecular complexity index is 238. The quantitative estimate of drug-likeness (QED) is 0.367. The number of hydrogen-bond acceptors (Lipinski definition) is 1. The monoisotopic (exact) mass is 268 g/mol. The SMILES string of the molecule is CCCC/C=C(\C)CCCC(C)(O)CCCC(C)C. The molecule has 1 unspecified atom stereocenters. The summed E-state index contributed by atoms with van der Waals surface area (Å²) in [5, 5.41) is 10.3. The summed E-state index contributed by atoms with van der Waals surface area (Å²) < 4.78 is 0. The molecule has 0 aromatic carbocycles. The lowest BCUT2D eigenvalue weighted by molar-refractivity contribution is 0.0367. The van der Waals surface area contributed by atoms with Gasteiger partial charge in [-0.3, -0.25) is 0 Å². The molecule has 0 aromatic heterocycles. The molecule has 0 radical (unpaired) electrons. The Balaban J connectivity index is 3.75. The second kappa shape index (κ2) is 10.5. The van der Waals surface area contributed by atoms with Gasteiger partial charge in [0.2, 0.25) is 0 Å². The minimum atomic E-state index is -0.460. The predicted octanol–water partition coefficient (Wildman–Crippen LogP) is 5.87. The Hall–Kier alpha value is -0.300. The molecule has 0 aliphatic rings. The number of unbranched alkanes of at least 4 members (excludes halogenated alkanes) is 2. The Labute approximate surface area is 121 Å². The minimum absolute atomic E-state index is 0.460. The summed E-state index contributed by atoms with van der Waals surface area (Å²) in [5.41, 5.74) is 1.03. The van der Waals surface area contributed by atoms with Gasteiger partial charge in [-0.05, 0) is 51.9 Å². The summed E-state index contributed by atoms with van der Waals surface area (Å²) >= 11 is 0. The molecule has 1 N–H and O–H groups in total. The van der Waals surface area contributed by atoms with E-state index in [-0.39, 0.29) is 0 Å². The highest BCUT2D eigenvalue weighted by atomic mass is 16.3. The van der Waals surface area contributed by atoms with Crippen LogP contribution in [0.5, 0.6) is 0 Å². The van der Waals surface area contributed by atoms with Gasteiger partial charge >= 0.3 is 0 Å². The second-order valence-electron chi connectivity index (χ2n) is 6.83. The maximum absolute atomic E-state index is 10.3. The van der Waals surface area contributed by atoms with Gasteiger partial charge in [0, 0.05) is 0 Å². The molecule has 1 heteroatoms. The van der Waals surface area contributed by atoms with Gasteiger partial charge in [0.25, 0.3) is 0 Å². The van der Waals surface area contributed by atoms with Crippen LogP contribution in [0, 0.1) is 5.92 Å². The molecule has 114 valence electrons. The van der Waals surface area contributed by atoms with Gasteiger partial charge in [0.1, 0.15) is 0 Å². The normalized spacial score (nSPS) is 15.8. The lowest BCUT2D eigenvalue weighted by Gasteiger charge is -2.23. The lowest BCUT2D eigenvalue weighted by Crippen LogP contribution is -2.23. The molecule has 0 aliphatic heterocycles. The highest BCUT2D eigenvalue weighted by Gasteiger charge is 2.19. The maximum Gasteiger partial charge on any atom is 0.0619 e. The van der Waals surface area contributed by atoms with Crippen molar-refractivity contribution in [2.45, 2.75) is 98.0 Å². The smallest absolute Gasteiger partial charge is 0.0619 e.